The van der Waals surface area contributed by atoms with Gasteiger partial charge < -0.3 is 5.21 Å². The van der Waals surface area contributed by atoms with E-state index < -0.39 is 10.5 Å². The Morgan fingerprint density at radius 3 is 2.81 bits per heavy atom. The SMILES string of the molecule is O=c1[nH][n+]([O-])nc2c(Cl)cc([N+](=O)[O-])cc12. The number of benzene rings is 1. The fourth-order valence-corrected chi connectivity index (χ4v) is 1.48. The molecule has 1 aromatic heterocycles. The number of fused-ring (bicyclic) bond motifs is 1. The van der Waals surface area contributed by atoms with Gasteiger partial charge in [0, 0.05) is 22.2 Å². The van der Waals surface area contributed by atoms with Crippen LogP contribution in [0.15, 0.2) is 16.9 Å². The summed E-state index contributed by atoms with van der Waals surface area (Å²) < 4.78 is 0. The number of aromatic amines is 1. The van der Waals surface area contributed by atoms with Crippen LogP contribution in [0.25, 0.3) is 10.9 Å². The van der Waals surface area contributed by atoms with Crippen LogP contribution in [-0.4, -0.2) is 15.1 Å². The summed E-state index contributed by atoms with van der Waals surface area (Å²) in [6.45, 7) is 0. The van der Waals surface area contributed by atoms with Gasteiger partial charge in [0.2, 0.25) is 0 Å². The molecule has 0 spiro atoms. The number of nitrogens with one attached hydrogen (secondary N) is 1. The van der Waals surface area contributed by atoms with E-state index in [1.165, 1.54) is 0 Å². The first-order valence-corrected chi connectivity index (χ1v) is 4.34. The third-order valence-corrected chi connectivity index (χ3v) is 2.18. The molecule has 1 N–H and O–H groups in total. The number of hydrogen-bond donors (Lipinski definition) is 1. The Balaban J connectivity index is 2.93. The molecule has 9 heteroatoms. The van der Waals surface area contributed by atoms with Crippen LogP contribution in [-0.2, 0) is 0 Å². The molecule has 0 atom stereocenters. The van der Waals surface area contributed by atoms with E-state index in [2.05, 4.69) is 5.10 Å². The third-order valence-electron chi connectivity index (χ3n) is 1.89. The highest BCUT2D eigenvalue weighted by molar-refractivity contribution is 6.35. The summed E-state index contributed by atoms with van der Waals surface area (Å²) in [4.78, 5) is 21.1. The Morgan fingerprint density at radius 2 is 2.19 bits per heavy atom. The summed E-state index contributed by atoms with van der Waals surface area (Å²) in [5, 5.41) is 26.3. The van der Waals surface area contributed by atoms with Gasteiger partial charge in [-0.2, -0.15) is 0 Å². The lowest BCUT2D eigenvalue weighted by Gasteiger charge is -1.98. The number of aromatic nitrogens is 3. The molecule has 0 saturated carbocycles. The second kappa shape index (κ2) is 3.42. The minimum Gasteiger partial charge on any atom is -0.571 e. The summed E-state index contributed by atoms with van der Waals surface area (Å²) in [7, 11) is 0. The molecule has 16 heavy (non-hydrogen) atoms. The average molecular weight is 243 g/mol. The van der Waals surface area contributed by atoms with Crippen LogP contribution >= 0.6 is 11.6 Å². The van der Waals surface area contributed by atoms with Crippen LogP contribution < -0.4 is 10.5 Å². The summed E-state index contributed by atoms with van der Waals surface area (Å²) in [5.41, 5.74) is -1.20. The van der Waals surface area contributed by atoms with Gasteiger partial charge in [-0.1, -0.05) is 16.7 Å². The Hall–Kier alpha value is -2.22. The standard InChI is InChI=1S/C7H3ClN4O4/c8-5-2-3(11(14)15)1-4-6(5)9-12(16)10-7(4)13/h1-2H,(H,9,10,13). The zero-order valence-electron chi connectivity index (χ0n) is 7.51. The van der Waals surface area contributed by atoms with E-state index in [0.29, 0.717) is 0 Å². The molecule has 0 radical (unpaired) electrons. The molecule has 0 aliphatic rings. The largest absolute Gasteiger partial charge is 0.571 e. The molecule has 1 aromatic carbocycles. The van der Waals surface area contributed by atoms with Gasteiger partial charge in [-0.3, -0.25) is 14.9 Å². The van der Waals surface area contributed by atoms with Crippen LogP contribution in [0.2, 0.25) is 5.02 Å². The minimum atomic E-state index is -0.786. The lowest BCUT2D eigenvalue weighted by molar-refractivity contribution is -0.727. The Bertz CT molecular complexity index is 653. The van der Waals surface area contributed by atoms with Crippen molar-refractivity contribution in [2.24, 2.45) is 0 Å². The van der Waals surface area contributed by atoms with Crippen molar-refractivity contribution in [1.29, 1.82) is 0 Å². The van der Waals surface area contributed by atoms with Crippen molar-refractivity contribution in [3.63, 3.8) is 0 Å². The number of nitro groups is 1. The van der Waals surface area contributed by atoms with Crippen molar-refractivity contribution in [3.8, 4) is 0 Å². The molecular formula is C7H3ClN4O4. The number of nitro benzene ring substituents is 1. The van der Waals surface area contributed by atoms with E-state index in [-0.39, 0.29) is 26.6 Å². The number of halogens is 1. The number of rotatable bonds is 1. The van der Waals surface area contributed by atoms with Gasteiger partial charge >= 0.3 is 5.56 Å². The highest BCUT2D eigenvalue weighted by Crippen LogP contribution is 2.24. The Kier molecular flexibility index (Phi) is 2.20. The van der Waals surface area contributed by atoms with Crippen molar-refractivity contribution >= 4 is 28.2 Å². The third kappa shape index (κ3) is 1.54. The first-order chi connectivity index (χ1) is 7.49. The van der Waals surface area contributed by atoms with Gasteiger partial charge in [0.25, 0.3) is 5.69 Å². The summed E-state index contributed by atoms with van der Waals surface area (Å²) in [6, 6.07) is 2.03. The Labute approximate surface area is 91.8 Å². The number of non-ortho nitro benzene ring substituents is 1. The highest BCUT2D eigenvalue weighted by atomic mass is 35.5. The van der Waals surface area contributed by atoms with Crippen LogP contribution in [0.3, 0.4) is 0 Å². The molecule has 0 aliphatic carbocycles. The zero-order valence-corrected chi connectivity index (χ0v) is 8.26. The van der Waals surface area contributed by atoms with Crippen molar-refractivity contribution in [3.05, 3.63) is 42.8 Å². The Morgan fingerprint density at radius 1 is 1.50 bits per heavy atom. The molecule has 1 heterocycles. The van der Waals surface area contributed by atoms with Crippen molar-refractivity contribution in [1.82, 2.24) is 10.2 Å². The lowest BCUT2D eigenvalue weighted by Crippen LogP contribution is -2.41. The molecule has 2 aromatic rings. The predicted octanol–water partition coefficient (Wildman–Crippen LogP) is 0.118. The second-order valence-electron chi connectivity index (χ2n) is 2.89. The van der Waals surface area contributed by atoms with Crippen LogP contribution in [0.5, 0.6) is 0 Å². The van der Waals surface area contributed by atoms with E-state index in [1.807, 2.05) is 5.10 Å². The zero-order chi connectivity index (χ0) is 11.9. The van der Waals surface area contributed by atoms with Crippen LogP contribution in [0.1, 0.15) is 0 Å². The molecule has 0 fully saturated rings. The molecule has 8 nitrogen and oxygen atoms in total. The van der Waals surface area contributed by atoms with E-state index in [0.717, 1.165) is 12.1 Å². The molecule has 0 amide bonds. The smallest absolute Gasteiger partial charge is 0.311 e. The number of H-pyrrole nitrogens is 1. The van der Waals surface area contributed by atoms with Crippen LogP contribution in [0, 0.1) is 15.3 Å². The van der Waals surface area contributed by atoms with Crippen LogP contribution in [0.4, 0.5) is 5.69 Å². The lowest BCUT2D eigenvalue weighted by atomic mass is 10.2. The highest BCUT2D eigenvalue weighted by Gasteiger charge is 2.16. The average Bonchev–Trinajstić information content (AvgIpc) is 2.19. The normalized spacial score (nSPS) is 10.6. The van der Waals surface area contributed by atoms with Gasteiger partial charge in [-0.15, -0.1) is 0 Å². The molecule has 0 bridgehead atoms. The monoisotopic (exact) mass is 242 g/mol. The fraction of sp³-hybridized carbons (Fsp3) is 0. The van der Waals surface area contributed by atoms with E-state index in [9.17, 15) is 20.1 Å². The molecule has 0 unspecified atom stereocenters. The molecule has 0 aliphatic heterocycles. The van der Waals surface area contributed by atoms with E-state index in [1.54, 1.807) is 0 Å². The number of nitrogens with zero attached hydrogens (tertiary/aromatic N) is 3. The first kappa shape index (κ1) is 10.3. The van der Waals surface area contributed by atoms with Crippen molar-refractivity contribution < 1.29 is 9.88 Å². The number of hydrogen-bond acceptors (Lipinski definition) is 5. The maximum atomic E-state index is 11.3. The van der Waals surface area contributed by atoms with Gasteiger partial charge in [0.1, 0.15) is 0 Å². The maximum Gasteiger partial charge on any atom is 0.311 e. The summed E-state index contributed by atoms with van der Waals surface area (Å²) >= 11 is 5.68. The van der Waals surface area contributed by atoms with Crippen molar-refractivity contribution in [2.75, 3.05) is 0 Å². The molecular weight excluding hydrogens is 240 g/mol. The van der Waals surface area contributed by atoms with E-state index >= 15 is 0 Å². The van der Waals surface area contributed by atoms with Gasteiger partial charge in [-0.25, -0.2) is 0 Å². The second-order valence-corrected chi connectivity index (χ2v) is 3.30. The first-order valence-electron chi connectivity index (χ1n) is 3.97. The topological polar surface area (TPSA) is 116 Å². The summed E-state index contributed by atoms with van der Waals surface area (Å²) in [6.07, 6.45) is 0. The molecule has 82 valence electrons. The van der Waals surface area contributed by atoms with Gasteiger partial charge in [0.15, 0.2) is 5.52 Å². The summed E-state index contributed by atoms with van der Waals surface area (Å²) in [5.74, 6) is 0. The quantitative estimate of drug-likeness (QED) is 0.330. The molecule has 2 rings (SSSR count). The fourth-order valence-electron chi connectivity index (χ4n) is 1.23. The van der Waals surface area contributed by atoms with Gasteiger partial charge in [0.05, 0.1) is 15.3 Å². The minimum absolute atomic E-state index is 0.0532. The van der Waals surface area contributed by atoms with Crippen molar-refractivity contribution in [2.45, 2.75) is 0 Å². The molecule has 0 saturated heterocycles. The van der Waals surface area contributed by atoms with E-state index in [4.69, 9.17) is 11.6 Å². The van der Waals surface area contributed by atoms with Gasteiger partial charge in [-0.05, 0) is 0 Å². The predicted molar refractivity (Wildman–Crippen MR) is 53.0 cm³/mol. The maximum absolute atomic E-state index is 11.3.